The third kappa shape index (κ3) is 4.87. The lowest BCUT2D eigenvalue weighted by Crippen LogP contribution is -2.46. The number of nitrogens with zero attached hydrogens (tertiary/aromatic N) is 3. The Labute approximate surface area is 147 Å². The van der Waals surface area contributed by atoms with E-state index < -0.39 is 37.7 Å². The van der Waals surface area contributed by atoms with Gasteiger partial charge in [-0.1, -0.05) is 0 Å². The van der Waals surface area contributed by atoms with Gasteiger partial charge in [-0.25, -0.2) is 4.98 Å². The van der Waals surface area contributed by atoms with E-state index in [-0.39, 0.29) is 5.75 Å². The molecule has 1 aromatic carbocycles. The molecule has 2 rings (SSSR count). The first-order valence-corrected chi connectivity index (χ1v) is 7.59. The summed E-state index contributed by atoms with van der Waals surface area (Å²) in [5, 5.41) is 0. The van der Waals surface area contributed by atoms with Gasteiger partial charge in [-0.3, -0.25) is 9.59 Å². The zero-order valence-corrected chi connectivity index (χ0v) is 14.5. The van der Waals surface area contributed by atoms with Crippen molar-refractivity contribution in [1.82, 2.24) is 14.8 Å². The Morgan fingerprint density at radius 2 is 1.92 bits per heavy atom. The number of carbonyl (C=O) groups is 2. The van der Waals surface area contributed by atoms with Gasteiger partial charge in [-0.15, -0.1) is 0 Å². The maximum Gasteiger partial charge on any atom is 0.406 e. The quantitative estimate of drug-likeness (QED) is 0.774. The Kier molecular flexibility index (Phi) is 5.73. The van der Waals surface area contributed by atoms with Crippen molar-refractivity contribution in [3.8, 4) is 5.75 Å². The molecule has 7 nitrogen and oxygen atoms in total. The number of hydrogen-bond donors (Lipinski definition) is 0. The smallest absolute Gasteiger partial charge is 0.406 e. The summed E-state index contributed by atoms with van der Waals surface area (Å²) >= 11 is 0. The summed E-state index contributed by atoms with van der Waals surface area (Å²) in [5.41, 5.74) is 1.63. The molecule has 2 aromatic rings. The second-order valence-corrected chi connectivity index (χ2v) is 5.83. The fourth-order valence-corrected chi connectivity index (χ4v) is 2.19. The van der Waals surface area contributed by atoms with E-state index in [0.717, 1.165) is 4.90 Å². The summed E-state index contributed by atoms with van der Waals surface area (Å²) in [6.45, 7) is -1.18. The van der Waals surface area contributed by atoms with Crippen LogP contribution in [0.25, 0.3) is 11.1 Å². The number of ether oxygens (including phenoxy) is 1. The van der Waals surface area contributed by atoms with Crippen LogP contribution in [-0.2, 0) is 9.59 Å². The van der Waals surface area contributed by atoms with Gasteiger partial charge in [0.1, 0.15) is 24.4 Å². The first-order chi connectivity index (χ1) is 12.1. The molecule has 2 amide bonds. The molecule has 0 saturated heterocycles. The van der Waals surface area contributed by atoms with Gasteiger partial charge in [0.05, 0.1) is 0 Å². The predicted octanol–water partition coefficient (Wildman–Crippen LogP) is 1.99. The van der Waals surface area contributed by atoms with Crippen molar-refractivity contribution in [3.63, 3.8) is 0 Å². The highest BCUT2D eigenvalue weighted by atomic mass is 19.4. The molecular weight excluding hydrogens is 355 g/mol. The zero-order valence-electron chi connectivity index (χ0n) is 14.5. The molecule has 0 fully saturated rings. The third-order valence-corrected chi connectivity index (χ3v) is 3.60. The van der Waals surface area contributed by atoms with Crippen LogP contribution in [0.15, 0.2) is 22.9 Å². The van der Waals surface area contributed by atoms with Gasteiger partial charge < -0.3 is 19.0 Å². The topological polar surface area (TPSA) is 75.9 Å². The summed E-state index contributed by atoms with van der Waals surface area (Å²) in [7, 11) is 2.79. The van der Waals surface area contributed by atoms with Crippen LogP contribution in [0.1, 0.15) is 5.56 Å². The third-order valence-electron chi connectivity index (χ3n) is 3.60. The molecule has 0 unspecified atom stereocenters. The molecule has 10 heteroatoms. The minimum atomic E-state index is -4.63. The van der Waals surface area contributed by atoms with Crippen molar-refractivity contribution < 1.29 is 31.9 Å². The van der Waals surface area contributed by atoms with E-state index in [0.29, 0.717) is 21.6 Å². The average Bonchev–Trinajstić information content (AvgIpc) is 3.01. The maximum atomic E-state index is 12.7. The van der Waals surface area contributed by atoms with Crippen molar-refractivity contribution >= 4 is 22.9 Å². The highest BCUT2D eigenvalue weighted by Gasteiger charge is 2.34. The Hall–Kier alpha value is -2.78. The highest BCUT2D eigenvalue weighted by Crippen LogP contribution is 2.26. The number of benzene rings is 1. The molecule has 26 heavy (non-hydrogen) atoms. The normalized spacial score (nSPS) is 11.5. The van der Waals surface area contributed by atoms with E-state index in [1.54, 1.807) is 19.1 Å². The van der Waals surface area contributed by atoms with Crippen LogP contribution in [0.4, 0.5) is 13.2 Å². The van der Waals surface area contributed by atoms with Crippen molar-refractivity contribution in [3.05, 3.63) is 24.1 Å². The molecular formula is C16H18F3N3O4. The molecule has 1 heterocycles. The van der Waals surface area contributed by atoms with E-state index in [1.165, 1.54) is 20.5 Å². The van der Waals surface area contributed by atoms with E-state index in [1.807, 2.05) is 0 Å². The molecule has 0 aliphatic heterocycles. The number of hydrogen-bond acceptors (Lipinski definition) is 5. The fourth-order valence-electron chi connectivity index (χ4n) is 2.19. The van der Waals surface area contributed by atoms with Crippen LogP contribution in [0.5, 0.6) is 5.75 Å². The van der Waals surface area contributed by atoms with Crippen molar-refractivity contribution in [2.45, 2.75) is 13.1 Å². The monoisotopic (exact) mass is 373 g/mol. The van der Waals surface area contributed by atoms with Gasteiger partial charge >= 0.3 is 6.18 Å². The van der Waals surface area contributed by atoms with Crippen molar-refractivity contribution in [1.29, 1.82) is 0 Å². The molecule has 0 radical (unpaired) electrons. The summed E-state index contributed by atoms with van der Waals surface area (Å²) in [6.07, 6.45) is -3.37. The number of fused-ring (bicyclic) bond motifs is 1. The van der Waals surface area contributed by atoms with Crippen molar-refractivity contribution in [2.75, 3.05) is 33.8 Å². The first kappa shape index (κ1) is 19.5. The summed E-state index contributed by atoms with van der Waals surface area (Å²) < 4.78 is 48.7. The Morgan fingerprint density at radius 3 is 2.54 bits per heavy atom. The molecule has 1 aromatic heterocycles. The number of carbonyl (C=O) groups excluding carboxylic acids is 2. The molecule has 0 aliphatic rings. The zero-order chi connectivity index (χ0) is 19.5. The van der Waals surface area contributed by atoms with Crippen LogP contribution >= 0.6 is 0 Å². The predicted molar refractivity (Wildman–Crippen MR) is 85.6 cm³/mol. The van der Waals surface area contributed by atoms with Gasteiger partial charge in [-0.05, 0) is 19.1 Å². The largest absolute Gasteiger partial charge is 0.483 e. The SMILES string of the molecule is Cc1c(OCC(=O)N(CC(=O)N(C)C)CC(F)(F)F)ccc2ncoc12. The van der Waals surface area contributed by atoms with Crippen LogP contribution < -0.4 is 4.74 Å². The number of aromatic nitrogens is 1. The number of oxazole rings is 1. The van der Waals surface area contributed by atoms with E-state index in [9.17, 15) is 22.8 Å². The number of alkyl halides is 3. The minimum absolute atomic E-state index is 0.286. The number of amides is 2. The summed E-state index contributed by atoms with van der Waals surface area (Å²) in [4.78, 5) is 29.4. The number of aryl methyl sites for hydroxylation is 1. The standard InChI is InChI=1S/C16H18F3N3O4/c1-10-12(5-4-11-15(10)26-9-20-11)25-7-14(24)22(8-16(17,18)19)6-13(23)21(2)3/h4-5,9H,6-8H2,1-3H3. The van der Waals surface area contributed by atoms with Gasteiger partial charge in [0.2, 0.25) is 5.91 Å². The van der Waals surface area contributed by atoms with E-state index in [4.69, 9.17) is 9.15 Å². The van der Waals surface area contributed by atoms with Crippen LogP contribution in [0.2, 0.25) is 0 Å². The molecule has 0 saturated carbocycles. The molecule has 0 bridgehead atoms. The van der Waals surface area contributed by atoms with Gasteiger partial charge in [0.15, 0.2) is 18.6 Å². The summed E-state index contributed by atoms with van der Waals surface area (Å²) in [5.74, 6) is -1.29. The van der Waals surface area contributed by atoms with Crippen LogP contribution in [0, 0.1) is 6.92 Å². The average molecular weight is 373 g/mol. The maximum absolute atomic E-state index is 12.7. The second-order valence-electron chi connectivity index (χ2n) is 5.83. The lowest BCUT2D eigenvalue weighted by molar-refractivity contribution is -0.165. The molecule has 142 valence electrons. The van der Waals surface area contributed by atoms with Crippen LogP contribution in [-0.4, -0.2) is 66.6 Å². The lowest BCUT2D eigenvalue weighted by Gasteiger charge is -2.25. The summed E-state index contributed by atoms with van der Waals surface area (Å²) in [6, 6.07) is 3.15. The molecule has 0 atom stereocenters. The molecule has 0 spiro atoms. The molecule has 0 aliphatic carbocycles. The molecule has 0 N–H and O–H groups in total. The van der Waals surface area contributed by atoms with Gasteiger partial charge in [0, 0.05) is 19.7 Å². The van der Waals surface area contributed by atoms with Crippen LogP contribution in [0.3, 0.4) is 0 Å². The van der Waals surface area contributed by atoms with Gasteiger partial charge in [0.25, 0.3) is 5.91 Å². The lowest BCUT2D eigenvalue weighted by atomic mass is 10.2. The van der Waals surface area contributed by atoms with E-state index in [2.05, 4.69) is 4.98 Å². The highest BCUT2D eigenvalue weighted by molar-refractivity contribution is 5.85. The Morgan fingerprint density at radius 1 is 1.23 bits per heavy atom. The minimum Gasteiger partial charge on any atom is -0.483 e. The Balaban J connectivity index is 2.09. The fraction of sp³-hybridized carbons (Fsp3) is 0.438. The van der Waals surface area contributed by atoms with Gasteiger partial charge in [-0.2, -0.15) is 13.2 Å². The number of halogens is 3. The van der Waals surface area contributed by atoms with E-state index >= 15 is 0 Å². The first-order valence-electron chi connectivity index (χ1n) is 7.59. The number of rotatable bonds is 6. The second kappa shape index (κ2) is 7.63. The van der Waals surface area contributed by atoms with Crippen molar-refractivity contribution in [2.24, 2.45) is 0 Å². The number of likely N-dealkylation sites (N-methyl/N-ethyl adjacent to an activating group) is 1. The Bertz CT molecular complexity index is 802.